The van der Waals surface area contributed by atoms with E-state index in [9.17, 15) is 8.76 Å². The predicted octanol–water partition coefficient (Wildman–Crippen LogP) is 2.30. The van der Waals surface area contributed by atoms with Gasteiger partial charge in [0.25, 0.3) is 4.52 Å². The van der Waals surface area contributed by atoms with E-state index in [1.165, 1.54) is 0 Å². The maximum atomic E-state index is 9.89. The Bertz CT molecular complexity index is 164. The van der Waals surface area contributed by atoms with Crippen molar-refractivity contribution in [2.45, 2.75) is 8.31 Å². The number of rotatable bonds is 2. The lowest BCUT2D eigenvalue weighted by Crippen LogP contribution is -2.34. The van der Waals surface area contributed by atoms with E-state index < -0.39 is 19.7 Å². The molecular weight excluding hydrogens is 281 g/mol. The van der Waals surface area contributed by atoms with E-state index in [1.54, 1.807) is 0 Å². The molecular formula is C2Cl5O3S-. The summed E-state index contributed by atoms with van der Waals surface area (Å²) < 4.78 is 19.0. The summed E-state index contributed by atoms with van der Waals surface area (Å²) in [4.78, 5) is 0. The maximum absolute atomic E-state index is 9.89. The minimum absolute atomic E-state index is 2.24. The number of hydrogen-bond donors (Lipinski definition) is 0. The molecule has 1 atom stereocenters. The Labute approximate surface area is 90.3 Å². The summed E-state index contributed by atoms with van der Waals surface area (Å²) in [6, 6.07) is 0. The average Bonchev–Trinajstić information content (AvgIpc) is 1.56. The number of halogens is 5. The van der Waals surface area contributed by atoms with Crippen molar-refractivity contribution >= 4 is 69.4 Å². The van der Waals surface area contributed by atoms with Crippen molar-refractivity contribution in [1.82, 2.24) is 0 Å². The fraction of sp³-hybridized carbons (Fsp3) is 1.00. The van der Waals surface area contributed by atoms with Gasteiger partial charge in [-0.15, -0.1) is 0 Å². The lowest BCUT2D eigenvalue weighted by atomic mass is 10.8. The molecule has 0 aromatic carbocycles. The van der Waals surface area contributed by atoms with Gasteiger partial charge in [-0.05, 0) is 0 Å². The molecule has 68 valence electrons. The molecule has 0 saturated carbocycles. The Morgan fingerprint density at radius 2 is 1.55 bits per heavy atom. The highest BCUT2D eigenvalue weighted by atomic mass is 35.6. The van der Waals surface area contributed by atoms with Crippen molar-refractivity contribution in [3.8, 4) is 0 Å². The molecule has 9 heteroatoms. The Hall–Kier alpha value is 1.52. The summed E-state index contributed by atoms with van der Waals surface area (Å²) in [5.74, 6) is 0. The molecule has 0 radical (unpaired) electrons. The minimum atomic E-state index is -2.95. The summed E-state index contributed by atoms with van der Waals surface area (Å²) in [7, 11) is 0. The van der Waals surface area contributed by atoms with Crippen molar-refractivity contribution < 1.29 is 12.9 Å². The van der Waals surface area contributed by atoms with Crippen LogP contribution in [-0.4, -0.2) is 17.1 Å². The van der Waals surface area contributed by atoms with Gasteiger partial charge in [-0.25, -0.2) is 4.21 Å². The van der Waals surface area contributed by atoms with Gasteiger partial charge in [0, 0.05) is 0 Å². The normalized spacial score (nSPS) is 16.5. The van der Waals surface area contributed by atoms with E-state index in [-0.39, 0.29) is 0 Å². The molecule has 0 aliphatic carbocycles. The van der Waals surface area contributed by atoms with Crippen molar-refractivity contribution in [2.24, 2.45) is 0 Å². The molecule has 0 rings (SSSR count). The van der Waals surface area contributed by atoms with Crippen LogP contribution in [0.25, 0.3) is 0 Å². The zero-order valence-corrected chi connectivity index (χ0v) is 9.12. The van der Waals surface area contributed by atoms with Crippen LogP contribution in [0.15, 0.2) is 0 Å². The molecule has 0 saturated heterocycles. The highest BCUT2D eigenvalue weighted by Crippen LogP contribution is 2.46. The first kappa shape index (κ1) is 12.5. The van der Waals surface area contributed by atoms with Crippen LogP contribution in [0.4, 0.5) is 0 Å². The molecule has 0 aliphatic rings. The Morgan fingerprint density at radius 1 is 1.18 bits per heavy atom. The molecule has 0 aromatic heterocycles. The second kappa shape index (κ2) is 4.15. The minimum Gasteiger partial charge on any atom is -0.750 e. The lowest BCUT2D eigenvalue weighted by Gasteiger charge is -2.26. The average molecular weight is 281 g/mol. The molecule has 0 spiro atoms. The third-order valence-corrected chi connectivity index (χ3v) is 3.17. The quantitative estimate of drug-likeness (QED) is 0.576. The molecule has 0 aliphatic heterocycles. The van der Waals surface area contributed by atoms with E-state index in [1.807, 2.05) is 0 Å². The molecule has 0 heterocycles. The standard InChI is InChI=1S/C2HCl5O3S/c3-1(4,5)2(6,7)10-11(8)9/h(H,8,9)/p-1. The molecule has 0 bridgehead atoms. The van der Waals surface area contributed by atoms with Gasteiger partial charge in [-0.2, -0.15) is 0 Å². The van der Waals surface area contributed by atoms with Crippen molar-refractivity contribution in [1.29, 1.82) is 0 Å². The Balaban J connectivity index is 4.34. The van der Waals surface area contributed by atoms with Gasteiger partial charge in [0.05, 0.1) is 11.4 Å². The van der Waals surface area contributed by atoms with Crippen LogP contribution in [-0.2, 0) is 15.5 Å². The van der Waals surface area contributed by atoms with Gasteiger partial charge in [0.1, 0.15) is 0 Å². The monoisotopic (exact) mass is 279 g/mol. The lowest BCUT2D eigenvalue weighted by molar-refractivity contribution is 0.240. The first-order valence-electron chi connectivity index (χ1n) is 1.90. The van der Waals surface area contributed by atoms with Crippen LogP contribution >= 0.6 is 58.0 Å². The van der Waals surface area contributed by atoms with Crippen LogP contribution in [0.1, 0.15) is 0 Å². The fourth-order valence-corrected chi connectivity index (χ4v) is 0.990. The summed E-state index contributed by atoms with van der Waals surface area (Å²) in [6.07, 6.45) is 0. The Morgan fingerprint density at radius 3 is 1.64 bits per heavy atom. The molecule has 3 nitrogen and oxygen atoms in total. The second-order valence-corrected chi connectivity index (χ2v) is 5.42. The Kier molecular flexibility index (Phi) is 4.73. The zero-order valence-electron chi connectivity index (χ0n) is 4.52. The van der Waals surface area contributed by atoms with E-state index in [2.05, 4.69) is 4.18 Å². The fourth-order valence-electron chi connectivity index (χ4n) is 0.133. The first-order chi connectivity index (χ1) is 4.67. The molecule has 0 aromatic rings. The third kappa shape index (κ3) is 4.33. The van der Waals surface area contributed by atoms with Gasteiger partial charge in [0.15, 0.2) is 0 Å². The topological polar surface area (TPSA) is 49.4 Å². The van der Waals surface area contributed by atoms with Gasteiger partial charge < -0.3 is 4.55 Å². The van der Waals surface area contributed by atoms with E-state index in [0.717, 1.165) is 0 Å². The molecule has 0 amide bonds. The third-order valence-electron chi connectivity index (χ3n) is 0.503. The van der Waals surface area contributed by atoms with E-state index in [4.69, 9.17) is 58.0 Å². The second-order valence-electron chi connectivity index (χ2n) is 1.30. The predicted molar refractivity (Wildman–Crippen MR) is 44.7 cm³/mol. The van der Waals surface area contributed by atoms with Crippen LogP contribution < -0.4 is 0 Å². The van der Waals surface area contributed by atoms with Crippen molar-refractivity contribution in [2.75, 3.05) is 0 Å². The number of alkyl halides is 5. The highest BCUT2D eigenvalue weighted by molar-refractivity contribution is 7.74. The molecule has 1 unspecified atom stereocenters. The van der Waals surface area contributed by atoms with Crippen molar-refractivity contribution in [3.63, 3.8) is 0 Å². The van der Waals surface area contributed by atoms with Gasteiger partial charge in [-0.3, -0.25) is 4.18 Å². The summed E-state index contributed by atoms with van der Waals surface area (Å²) in [6.45, 7) is 0. The summed E-state index contributed by atoms with van der Waals surface area (Å²) in [5.41, 5.74) is 0. The first-order valence-corrected chi connectivity index (χ1v) is 4.79. The van der Waals surface area contributed by atoms with Crippen LogP contribution in [0.2, 0.25) is 0 Å². The van der Waals surface area contributed by atoms with Crippen LogP contribution in [0.3, 0.4) is 0 Å². The van der Waals surface area contributed by atoms with Gasteiger partial charge in [0.2, 0.25) is 3.79 Å². The van der Waals surface area contributed by atoms with E-state index in [0.29, 0.717) is 0 Å². The van der Waals surface area contributed by atoms with Crippen molar-refractivity contribution in [3.05, 3.63) is 0 Å². The van der Waals surface area contributed by atoms with Gasteiger partial charge >= 0.3 is 0 Å². The van der Waals surface area contributed by atoms with Crippen LogP contribution in [0, 0.1) is 0 Å². The van der Waals surface area contributed by atoms with Gasteiger partial charge in [-0.1, -0.05) is 58.0 Å². The van der Waals surface area contributed by atoms with Crippen LogP contribution in [0.5, 0.6) is 0 Å². The highest BCUT2D eigenvalue weighted by Gasteiger charge is 2.48. The SMILES string of the molecule is O=S([O-])OC(Cl)(Cl)C(Cl)(Cl)Cl. The largest absolute Gasteiger partial charge is 0.750 e. The number of hydrogen-bond acceptors (Lipinski definition) is 3. The van der Waals surface area contributed by atoms with E-state index >= 15 is 0 Å². The maximum Gasteiger partial charge on any atom is 0.278 e. The smallest absolute Gasteiger partial charge is 0.278 e. The molecule has 11 heavy (non-hydrogen) atoms. The summed E-state index contributed by atoms with van der Waals surface area (Å²) in [5, 5.41) is 0. The summed E-state index contributed by atoms with van der Waals surface area (Å²) >= 11 is 22.8. The molecule has 0 N–H and O–H groups in total. The molecule has 0 fully saturated rings. The zero-order chi connectivity index (χ0) is 9.28.